The predicted octanol–water partition coefficient (Wildman–Crippen LogP) is 2.87. The number of rotatable bonds is 5. The maximum absolute atomic E-state index is 12.1. The molecule has 0 amide bonds. The Kier molecular flexibility index (Phi) is 5.17. The van der Waals surface area contributed by atoms with Crippen LogP contribution in [0, 0.1) is 3.57 Å². The molecule has 0 aromatic heterocycles. The maximum atomic E-state index is 12.1. The number of nitrogens with one attached hydrogen (secondary N) is 1. The van der Waals surface area contributed by atoms with Gasteiger partial charge in [0.15, 0.2) is 0 Å². The van der Waals surface area contributed by atoms with E-state index in [1.54, 1.807) is 42.5 Å². The van der Waals surface area contributed by atoms with Gasteiger partial charge in [-0.2, -0.15) is 0 Å². The van der Waals surface area contributed by atoms with E-state index in [0.29, 0.717) is 16.2 Å². The molecule has 0 radical (unpaired) electrons. The second-order valence-corrected chi connectivity index (χ2v) is 7.84. The fourth-order valence-electron chi connectivity index (χ4n) is 1.75. The molecule has 21 heavy (non-hydrogen) atoms. The Balaban J connectivity index is 2.12. The van der Waals surface area contributed by atoms with Crippen LogP contribution in [-0.2, 0) is 15.8 Å². The Morgan fingerprint density at radius 2 is 1.86 bits per heavy atom. The van der Waals surface area contributed by atoms with Crippen molar-refractivity contribution in [3.63, 3.8) is 0 Å². The lowest BCUT2D eigenvalue weighted by Gasteiger charge is -2.09. The van der Waals surface area contributed by atoms with E-state index in [0.717, 1.165) is 9.13 Å². The highest BCUT2D eigenvalue weighted by atomic mass is 127. The molecule has 110 valence electrons. The highest BCUT2D eigenvalue weighted by Gasteiger charge is 2.12. The van der Waals surface area contributed by atoms with Gasteiger partial charge in [-0.15, -0.1) is 0 Å². The molecule has 0 fully saturated rings. The summed E-state index contributed by atoms with van der Waals surface area (Å²) in [6.45, 7) is 0. The fourth-order valence-corrected chi connectivity index (χ4v) is 3.62. The molecule has 0 saturated carbocycles. The van der Waals surface area contributed by atoms with Crippen LogP contribution < -0.4 is 10.5 Å². The monoisotopic (exact) mass is 432 g/mol. The highest BCUT2D eigenvalue weighted by Crippen LogP contribution is 2.16. The summed E-state index contributed by atoms with van der Waals surface area (Å²) >= 11 is 6.99. The third-order valence-corrected chi connectivity index (χ3v) is 4.86. The van der Waals surface area contributed by atoms with E-state index in [1.807, 2.05) is 6.07 Å². The van der Waals surface area contributed by atoms with Crippen LogP contribution in [0.3, 0.4) is 0 Å². The molecule has 0 spiro atoms. The SMILES string of the molecule is NC(=S)c1ccc(CS(=O)(=O)Nc2cccc(I)c2)cc1. The summed E-state index contributed by atoms with van der Waals surface area (Å²) in [5.74, 6) is -0.101. The average Bonchev–Trinajstić information content (AvgIpc) is 2.38. The van der Waals surface area contributed by atoms with Crippen molar-refractivity contribution in [2.24, 2.45) is 5.73 Å². The van der Waals surface area contributed by atoms with Crippen LogP contribution in [0.2, 0.25) is 0 Å². The number of halogens is 1. The van der Waals surface area contributed by atoms with Crippen molar-refractivity contribution < 1.29 is 8.42 Å². The quantitative estimate of drug-likeness (QED) is 0.563. The van der Waals surface area contributed by atoms with Gasteiger partial charge >= 0.3 is 0 Å². The second kappa shape index (κ2) is 6.71. The molecule has 2 aromatic carbocycles. The van der Waals surface area contributed by atoms with E-state index >= 15 is 0 Å². The van der Waals surface area contributed by atoms with Crippen molar-refractivity contribution in [3.8, 4) is 0 Å². The van der Waals surface area contributed by atoms with Gasteiger partial charge in [0.2, 0.25) is 10.0 Å². The molecule has 0 aliphatic carbocycles. The van der Waals surface area contributed by atoms with Crippen LogP contribution in [0.5, 0.6) is 0 Å². The van der Waals surface area contributed by atoms with E-state index < -0.39 is 10.0 Å². The van der Waals surface area contributed by atoms with Gasteiger partial charge in [-0.25, -0.2) is 8.42 Å². The third-order valence-electron chi connectivity index (χ3n) is 2.69. The molecule has 3 N–H and O–H groups in total. The Morgan fingerprint density at radius 3 is 2.43 bits per heavy atom. The van der Waals surface area contributed by atoms with Gasteiger partial charge in [-0.3, -0.25) is 4.72 Å². The van der Waals surface area contributed by atoms with Crippen molar-refractivity contribution in [3.05, 3.63) is 63.2 Å². The summed E-state index contributed by atoms with van der Waals surface area (Å²) in [5, 5.41) is 0. The summed E-state index contributed by atoms with van der Waals surface area (Å²) in [7, 11) is -3.45. The van der Waals surface area contributed by atoms with Gasteiger partial charge in [0.25, 0.3) is 0 Å². The molecule has 7 heteroatoms. The number of benzene rings is 2. The zero-order valence-electron chi connectivity index (χ0n) is 10.9. The molecule has 0 heterocycles. The smallest absolute Gasteiger partial charge is 0.236 e. The Bertz CT molecular complexity index is 759. The summed E-state index contributed by atoms with van der Waals surface area (Å²) in [5.41, 5.74) is 7.46. The van der Waals surface area contributed by atoms with Crippen molar-refractivity contribution in [1.82, 2.24) is 0 Å². The molecule has 2 aromatic rings. The van der Waals surface area contributed by atoms with E-state index in [4.69, 9.17) is 18.0 Å². The van der Waals surface area contributed by atoms with Gasteiger partial charge in [0.05, 0.1) is 5.75 Å². The molecular formula is C14H13IN2O2S2. The van der Waals surface area contributed by atoms with Gasteiger partial charge < -0.3 is 5.73 Å². The van der Waals surface area contributed by atoms with Crippen LogP contribution in [0.1, 0.15) is 11.1 Å². The number of hydrogen-bond acceptors (Lipinski definition) is 3. The molecule has 4 nitrogen and oxygen atoms in total. The van der Waals surface area contributed by atoms with Crippen LogP contribution in [-0.4, -0.2) is 13.4 Å². The minimum atomic E-state index is -3.45. The van der Waals surface area contributed by atoms with E-state index in [2.05, 4.69) is 27.3 Å². The molecular weight excluding hydrogens is 419 g/mol. The van der Waals surface area contributed by atoms with Gasteiger partial charge in [0.1, 0.15) is 4.99 Å². The number of sulfonamides is 1. The maximum Gasteiger partial charge on any atom is 0.236 e. The van der Waals surface area contributed by atoms with Gasteiger partial charge in [-0.05, 0) is 46.4 Å². The van der Waals surface area contributed by atoms with Crippen LogP contribution >= 0.6 is 34.8 Å². The fraction of sp³-hybridized carbons (Fsp3) is 0.0714. The first-order valence-corrected chi connectivity index (χ1v) is 9.14. The molecule has 0 aliphatic heterocycles. The predicted molar refractivity (Wildman–Crippen MR) is 97.7 cm³/mol. The lowest BCUT2D eigenvalue weighted by molar-refractivity contribution is 0.600. The molecule has 0 unspecified atom stereocenters. The zero-order valence-corrected chi connectivity index (χ0v) is 14.7. The van der Waals surface area contributed by atoms with Crippen LogP contribution in [0.25, 0.3) is 0 Å². The van der Waals surface area contributed by atoms with Crippen molar-refractivity contribution >= 4 is 55.5 Å². The number of anilines is 1. The lowest BCUT2D eigenvalue weighted by Crippen LogP contribution is -2.15. The van der Waals surface area contributed by atoms with Gasteiger partial charge in [-0.1, -0.05) is 42.5 Å². The molecule has 2 rings (SSSR count). The largest absolute Gasteiger partial charge is 0.389 e. The minimum absolute atomic E-state index is 0.101. The van der Waals surface area contributed by atoms with E-state index in [1.165, 1.54) is 0 Å². The van der Waals surface area contributed by atoms with Crippen molar-refractivity contribution in [2.75, 3.05) is 4.72 Å². The normalized spacial score (nSPS) is 11.1. The molecule has 0 bridgehead atoms. The summed E-state index contributed by atoms with van der Waals surface area (Å²) in [6.07, 6.45) is 0. The Hall–Kier alpha value is -1.19. The molecule has 0 atom stereocenters. The number of nitrogens with two attached hydrogens (primary N) is 1. The number of hydrogen-bond donors (Lipinski definition) is 2. The first-order valence-electron chi connectivity index (χ1n) is 6.00. The standard InChI is InChI=1S/C14H13IN2O2S2/c15-12-2-1-3-13(8-12)17-21(18,19)9-10-4-6-11(7-5-10)14(16)20/h1-8,17H,9H2,(H2,16,20). The molecule has 0 saturated heterocycles. The minimum Gasteiger partial charge on any atom is -0.389 e. The lowest BCUT2D eigenvalue weighted by atomic mass is 10.1. The van der Waals surface area contributed by atoms with E-state index in [-0.39, 0.29) is 5.75 Å². The van der Waals surface area contributed by atoms with Crippen molar-refractivity contribution in [1.29, 1.82) is 0 Å². The van der Waals surface area contributed by atoms with Crippen LogP contribution in [0.4, 0.5) is 5.69 Å². The summed E-state index contributed by atoms with van der Waals surface area (Å²) < 4.78 is 27.8. The van der Waals surface area contributed by atoms with Crippen LogP contribution in [0.15, 0.2) is 48.5 Å². The summed E-state index contributed by atoms with van der Waals surface area (Å²) in [4.78, 5) is 0.293. The Morgan fingerprint density at radius 1 is 1.19 bits per heavy atom. The number of thiocarbonyl (C=S) groups is 1. The Labute approximate surface area is 142 Å². The zero-order chi connectivity index (χ0) is 15.5. The van der Waals surface area contributed by atoms with Crippen molar-refractivity contribution in [2.45, 2.75) is 5.75 Å². The average molecular weight is 432 g/mol. The van der Waals surface area contributed by atoms with E-state index in [9.17, 15) is 8.42 Å². The topological polar surface area (TPSA) is 72.2 Å². The first kappa shape index (κ1) is 16.2. The van der Waals surface area contributed by atoms with Gasteiger partial charge in [0, 0.05) is 14.8 Å². The second-order valence-electron chi connectivity index (χ2n) is 4.43. The third kappa shape index (κ3) is 4.94. The summed E-state index contributed by atoms with van der Waals surface area (Å²) in [6, 6.07) is 14.1. The first-order chi connectivity index (χ1) is 9.85. The molecule has 0 aliphatic rings. The highest BCUT2D eigenvalue weighted by molar-refractivity contribution is 14.1.